The summed E-state index contributed by atoms with van der Waals surface area (Å²) in [6.45, 7) is 3.64. The maximum Gasteiger partial charge on any atom is 0.422 e. The summed E-state index contributed by atoms with van der Waals surface area (Å²) in [5.41, 5.74) is 3.25. The Hall–Kier alpha value is -1.57. The predicted molar refractivity (Wildman–Crippen MR) is 110 cm³/mol. The van der Waals surface area contributed by atoms with Crippen LogP contribution in [0.2, 0.25) is 0 Å². The Morgan fingerprint density at radius 1 is 1.17 bits per heavy atom. The Balaban J connectivity index is 1.72. The van der Waals surface area contributed by atoms with Crippen molar-refractivity contribution in [1.29, 1.82) is 0 Å². The van der Waals surface area contributed by atoms with Gasteiger partial charge in [0.15, 0.2) is 6.61 Å². The summed E-state index contributed by atoms with van der Waals surface area (Å²) in [5, 5.41) is 0. The first kappa shape index (κ1) is 22.1. The van der Waals surface area contributed by atoms with Gasteiger partial charge in [-0.25, -0.2) is 0 Å². The molecule has 29 heavy (non-hydrogen) atoms. The summed E-state index contributed by atoms with van der Waals surface area (Å²) in [5.74, 6) is 0.230. The van der Waals surface area contributed by atoms with Crippen molar-refractivity contribution in [3.8, 4) is 5.75 Å². The molecule has 2 aromatic carbocycles. The lowest BCUT2D eigenvalue weighted by Gasteiger charge is -2.26. The highest BCUT2D eigenvalue weighted by molar-refractivity contribution is 9.10. The molecule has 7 heteroatoms. The quantitative estimate of drug-likeness (QED) is 0.479. The highest BCUT2D eigenvalue weighted by Gasteiger charge is 2.28. The van der Waals surface area contributed by atoms with Crippen LogP contribution in [0, 0.1) is 6.92 Å². The van der Waals surface area contributed by atoms with Crippen molar-refractivity contribution < 1.29 is 22.6 Å². The van der Waals surface area contributed by atoms with Gasteiger partial charge in [-0.3, -0.25) is 4.90 Å². The van der Waals surface area contributed by atoms with Crippen LogP contribution in [0.5, 0.6) is 5.75 Å². The van der Waals surface area contributed by atoms with Crippen LogP contribution >= 0.6 is 15.9 Å². The molecule has 0 saturated carbocycles. The number of nitrogens with zero attached hydrogens (tertiary/aromatic N) is 1. The van der Waals surface area contributed by atoms with Crippen LogP contribution in [-0.2, 0) is 17.8 Å². The van der Waals surface area contributed by atoms with Gasteiger partial charge < -0.3 is 9.47 Å². The number of aryl methyl sites for hydroxylation is 1. The molecule has 1 aliphatic rings. The Bertz CT molecular complexity index is 807. The monoisotopic (exact) mass is 471 g/mol. The molecule has 0 spiro atoms. The summed E-state index contributed by atoms with van der Waals surface area (Å²) in [6.07, 6.45) is -2.07. The van der Waals surface area contributed by atoms with Gasteiger partial charge in [0.05, 0.1) is 6.10 Å². The van der Waals surface area contributed by atoms with E-state index in [4.69, 9.17) is 9.47 Å². The lowest BCUT2D eigenvalue weighted by atomic mass is 10.1. The van der Waals surface area contributed by atoms with Crippen molar-refractivity contribution in [2.45, 2.75) is 45.1 Å². The molecule has 3 nitrogen and oxygen atoms in total. The molecular formula is C22H25BrF3NO2. The highest BCUT2D eigenvalue weighted by atomic mass is 79.9. The average Bonchev–Trinajstić information content (AvgIpc) is 3.15. The maximum atomic E-state index is 12.4. The fourth-order valence-electron chi connectivity index (χ4n) is 3.44. The lowest BCUT2D eigenvalue weighted by molar-refractivity contribution is -0.153. The standard InChI is InChI=1S/C22H25BrF3NO2/c1-16-7-8-18(21(23)10-16)13-27(14-20-6-3-9-28-20)12-17-4-2-5-19(11-17)29-15-22(24,25)26/h2,4-5,7-8,10-11,20H,3,6,9,12-15H2,1H3. The van der Waals surface area contributed by atoms with E-state index in [-0.39, 0.29) is 11.9 Å². The molecule has 1 unspecified atom stereocenters. The molecule has 158 valence electrons. The number of alkyl halides is 3. The summed E-state index contributed by atoms with van der Waals surface area (Å²) in [4.78, 5) is 2.27. The van der Waals surface area contributed by atoms with E-state index in [0.717, 1.165) is 41.6 Å². The SMILES string of the molecule is Cc1ccc(CN(Cc2cccc(OCC(F)(F)F)c2)CC2CCCO2)c(Br)c1. The van der Waals surface area contributed by atoms with Crippen molar-refractivity contribution >= 4 is 15.9 Å². The molecular weight excluding hydrogens is 447 g/mol. The van der Waals surface area contributed by atoms with Crippen LogP contribution in [0.3, 0.4) is 0 Å². The molecule has 1 heterocycles. The van der Waals surface area contributed by atoms with E-state index in [1.54, 1.807) is 18.2 Å². The lowest BCUT2D eigenvalue weighted by Crippen LogP contribution is -2.31. The van der Waals surface area contributed by atoms with E-state index >= 15 is 0 Å². The first-order chi connectivity index (χ1) is 13.8. The molecule has 1 atom stereocenters. The molecule has 1 saturated heterocycles. The van der Waals surface area contributed by atoms with Crippen molar-refractivity contribution in [2.75, 3.05) is 19.8 Å². The van der Waals surface area contributed by atoms with Crippen molar-refractivity contribution in [3.05, 3.63) is 63.6 Å². The smallest absolute Gasteiger partial charge is 0.422 e. The zero-order valence-corrected chi connectivity index (χ0v) is 17.9. The van der Waals surface area contributed by atoms with Gasteiger partial charge in [0.25, 0.3) is 0 Å². The summed E-state index contributed by atoms with van der Waals surface area (Å²) < 4.78 is 49.1. The zero-order valence-electron chi connectivity index (χ0n) is 16.3. The third kappa shape index (κ3) is 7.32. The Morgan fingerprint density at radius 2 is 2.00 bits per heavy atom. The van der Waals surface area contributed by atoms with Crippen LogP contribution in [0.1, 0.15) is 29.5 Å². The molecule has 3 rings (SSSR count). The minimum Gasteiger partial charge on any atom is -0.484 e. The minimum atomic E-state index is -4.35. The Labute approximate surface area is 177 Å². The zero-order chi connectivity index (χ0) is 20.9. The van der Waals surface area contributed by atoms with Crippen molar-refractivity contribution in [3.63, 3.8) is 0 Å². The van der Waals surface area contributed by atoms with Gasteiger partial charge >= 0.3 is 6.18 Å². The first-order valence-electron chi connectivity index (χ1n) is 9.66. The topological polar surface area (TPSA) is 21.7 Å². The fourth-order valence-corrected chi connectivity index (χ4v) is 4.06. The van der Waals surface area contributed by atoms with Crippen LogP contribution in [0.4, 0.5) is 13.2 Å². The second-order valence-corrected chi connectivity index (χ2v) is 8.31. The van der Waals surface area contributed by atoms with Crippen LogP contribution < -0.4 is 4.74 Å². The van der Waals surface area contributed by atoms with Gasteiger partial charge in [-0.05, 0) is 54.7 Å². The fraction of sp³-hybridized carbons (Fsp3) is 0.455. The van der Waals surface area contributed by atoms with E-state index in [1.165, 1.54) is 5.56 Å². The third-order valence-corrected chi connectivity index (χ3v) is 5.53. The van der Waals surface area contributed by atoms with Crippen LogP contribution in [0.15, 0.2) is 46.9 Å². The van der Waals surface area contributed by atoms with Crippen molar-refractivity contribution in [1.82, 2.24) is 4.90 Å². The Kier molecular flexibility index (Phi) is 7.60. The van der Waals surface area contributed by atoms with E-state index in [2.05, 4.69) is 39.0 Å². The Morgan fingerprint density at radius 3 is 2.69 bits per heavy atom. The van der Waals surface area contributed by atoms with E-state index < -0.39 is 12.8 Å². The van der Waals surface area contributed by atoms with Gasteiger partial charge in [0.1, 0.15) is 5.75 Å². The number of rotatable bonds is 8. The molecule has 0 amide bonds. The van der Waals surface area contributed by atoms with Gasteiger partial charge in [-0.1, -0.05) is 40.2 Å². The maximum absolute atomic E-state index is 12.4. The molecule has 1 aliphatic heterocycles. The predicted octanol–water partition coefficient (Wildman–Crippen LogP) is 5.88. The van der Waals surface area contributed by atoms with E-state index in [1.807, 2.05) is 13.0 Å². The molecule has 0 bridgehead atoms. The molecule has 0 aliphatic carbocycles. The minimum absolute atomic E-state index is 0.184. The van der Waals surface area contributed by atoms with Gasteiger partial charge in [-0.15, -0.1) is 0 Å². The van der Waals surface area contributed by atoms with Crippen molar-refractivity contribution in [2.24, 2.45) is 0 Å². The summed E-state index contributed by atoms with van der Waals surface area (Å²) in [7, 11) is 0. The van der Waals surface area contributed by atoms with Gasteiger partial charge in [0, 0.05) is 30.7 Å². The molecule has 0 aromatic heterocycles. The largest absolute Gasteiger partial charge is 0.484 e. The van der Waals surface area contributed by atoms with E-state index in [0.29, 0.717) is 13.1 Å². The van der Waals surface area contributed by atoms with E-state index in [9.17, 15) is 13.2 Å². The highest BCUT2D eigenvalue weighted by Crippen LogP contribution is 2.24. The molecule has 1 fully saturated rings. The number of hydrogen-bond acceptors (Lipinski definition) is 3. The molecule has 0 N–H and O–H groups in total. The number of halogens is 4. The summed E-state index contributed by atoms with van der Waals surface area (Å²) in [6, 6.07) is 13.1. The number of ether oxygens (including phenoxy) is 2. The number of hydrogen-bond donors (Lipinski definition) is 0. The normalized spacial score (nSPS) is 17.1. The van der Waals surface area contributed by atoms with Gasteiger partial charge in [0.2, 0.25) is 0 Å². The average molecular weight is 472 g/mol. The van der Waals surface area contributed by atoms with Crippen LogP contribution in [-0.4, -0.2) is 36.9 Å². The molecule has 0 radical (unpaired) electrons. The second kappa shape index (κ2) is 9.96. The number of benzene rings is 2. The first-order valence-corrected chi connectivity index (χ1v) is 10.5. The second-order valence-electron chi connectivity index (χ2n) is 7.45. The van der Waals surface area contributed by atoms with Crippen LogP contribution in [0.25, 0.3) is 0 Å². The molecule has 2 aromatic rings. The third-order valence-electron chi connectivity index (χ3n) is 4.80. The summed E-state index contributed by atoms with van der Waals surface area (Å²) >= 11 is 3.64. The van der Waals surface area contributed by atoms with Gasteiger partial charge in [-0.2, -0.15) is 13.2 Å².